The number of hydrogen-bond donors (Lipinski definition) is 1. The van der Waals surface area contributed by atoms with Crippen LogP contribution < -0.4 is 19.4 Å². The van der Waals surface area contributed by atoms with Crippen molar-refractivity contribution < 1.29 is 29.0 Å². The largest absolute Gasteiger partial charge is 0.494 e. The number of amides is 3. The zero-order valence-electron chi connectivity index (χ0n) is 28.0. The molecule has 0 saturated carbocycles. The van der Waals surface area contributed by atoms with Crippen LogP contribution in [0, 0.1) is 11.8 Å². The molecule has 2 aromatic carbocycles. The van der Waals surface area contributed by atoms with Crippen LogP contribution in [0.4, 0.5) is 17.1 Å². The molecule has 47 heavy (non-hydrogen) atoms. The molecule has 2 saturated heterocycles. The van der Waals surface area contributed by atoms with E-state index in [0.29, 0.717) is 36.7 Å². The minimum atomic E-state index is -1.41. The Morgan fingerprint density at radius 1 is 0.851 bits per heavy atom. The normalized spacial score (nSPS) is 28.9. The number of aliphatic hydroxyl groups excluding tert-OH is 1. The van der Waals surface area contributed by atoms with Crippen LogP contribution in [0.15, 0.2) is 72.8 Å². The highest BCUT2D eigenvalue weighted by Crippen LogP contribution is 2.59. The van der Waals surface area contributed by atoms with E-state index in [9.17, 15) is 19.5 Å². The van der Waals surface area contributed by atoms with Crippen molar-refractivity contribution in [3.8, 4) is 5.75 Å². The summed E-state index contributed by atoms with van der Waals surface area (Å²) in [6.07, 6.45) is 8.02. The highest BCUT2D eigenvalue weighted by molar-refractivity contribution is 6.07. The summed E-state index contributed by atoms with van der Waals surface area (Å²) in [6, 6.07) is 13.5. The summed E-state index contributed by atoms with van der Waals surface area (Å²) < 4.78 is 12.7. The van der Waals surface area contributed by atoms with E-state index in [0.717, 1.165) is 18.8 Å². The molecule has 0 aliphatic carbocycles. The monoisotopic (exact) mass is 642 g/mol. The summed E-state index contributed by atoms with van der Waals surface area (Å²) >= 11 is 0. The van der Waals surface area contributed by atoms with E-state index in [4.69, 9.17) is 9.47 Å². The number of hydrogen-bond acceptors (Lipinski definition) is 7. The van der Waals surface area contributed by atoms with Crippen LogP contribution in [0.25, 0.3) is 0 Å². The van der Waals surface area contributed by atoms with Crippen molar-refractivity contribution in [3.63, 3.8) is 0 Å². The highest BCUT2D eigenvalue weighted by Gasteiger charge is 2.75. The lowest BCUT2D eigenvalue weighted by molar-refractivity contribution is -0.148. The van der Waals surface area contributed by atoms with Gasteiger partial charge in [-0.1, -0.05) is 31.2 Å². The molecule has 10 heteroatoms. The molecule has 10 nitrogen and oxygen atoms in total. The molecule has 6 rings (SSSR count). The van der Waals surface area contributed by atoms with Gasteiger partial charge in [0.05, 0.1) is 36.7 Å². The zero-order chi connectivity index (χ0) is 33.5. The first-order valence-electron chi connectivity index (χ1n) is 16.9. The average Bonchev–Trinajstić information content (AvgIpc) is 3.39. The van der Waals surface area contributed by atoms with E-state index in [2.05, 4.69) is 18.7 Å². The predicted octanol–water partition coefficient (Wildman–Crippen LogP) is 4.18. The van der Waals surface area contributed by atoms with Gasteiger partial charge in [-0.05, 0) is 82.6 Å². The molecule has 2 aromatic rings. The molecule has 0 radical (unpaired) electrons. The molecule has 2 fully saturated rings. The van der Waals surface area contributed by atoms with Gasteiger partial charge in [-0.25, -0.2) is 0 Å². The number of carbonyl (C=O) groups is 3. The highest BCUT2D eigenvalue weighted by atomic mass is 16.5. The third-order valence-corrected chi connectivity index (χ3v) is 10.4. The molecule has 1 spiro atoms. The molecule has 0 aromatic heterocycles. The maximum atomic E-state index is 14.8. The Balaban J connectivity index is 1.42. The molecule has 4 heterocycles. The predicted molar refractivity (Wildman–Crippen MR) is 182 cm³/mol. The fourth-order valence-electron chi connectivity index (χ4n) is 8.05. The van der Waals surface area contributed by atoms with E-state index in [1.165, 1.54) is 4.90 Å². The van der Waals surface area contributed by atoms with Gasteiger partial charge in [-0.2, -0.15) is 0 Å². The first-order valence-corrected chi connectivity index (χ1v) is 16.9. The number of fused-ring (bicyclic) bond motifs is 2. The minimum Gasteiger partial charge on any atom is -0.494 e. The number of nitrogens with zero attached hydrogens (tertiary/aromatic N) is 4. The van der Waals surface area contributed by atoms with Gasteiger partial charge < -0.3 is 34.2 Å². The standard InChI is InChI=1S/C37H46N4O6/c1-6-36-20-10-22-39(28-16-18-29(19-17-28)46-9-4)33(43)30(36)31-34(44)41(25(5)24-42)32-35(45)40(23-11-21-37(31,32)47-36)27-14-12-26(13-15-27)38(7-2)8-3/h10-21,25,30-32,42H,6-9,22-24H2,1-5H3/t25-,30-,31+,32?,36+,37+/m1/s1. The summed E-state index contributed by atoms with van der Waals surface area (Å²) in [7, 11) is 0. The lowest BCUT2D eigenvalue weighted by atomic mass is 9.73. The number of likely N-dealkylation sites (tertiary alicyclic amines) is 1. The summed E-state index contributed by atoms with van der Waals surface area (Å²) in [4.78, 5) is 51.3. The van der Waals surface area contributed by atoms with Crippen molar-refractivity contribution in [2.45, 2.75) is 64.3 Å². The van der Waals surface area contributed by atoms with Crippen LogP contribution in [-0.4, -0.2) is 90.4 Å². The van der Waals surface area contributed by atoms with Crippen LogP contribution in [-0.2, 0) is 19.1 Å². The van der Waals surface area contributed by atoms with Gasteiger partial charge in [0.25, 0.3) is 5.91 Å². The van der Waals surface area contributed by atoms with Gasteiger partial charge in [-0.15, -0.1) is 0 Å². The van der Waals surface area contributed by atoms with Gasteiger partial charge in [0, 0.05) is 43.2 Å². The summed E-state index contributed by atoms with van der Waals surface area (Å²) in [5, 5.41) is 10.3. The van der Waals surface area contributed by atoms with Crippen LogP contribution in [0.2, 0.25) is 0 Å². The lowest BCUT2D eigenvalue weighted by Crippen LogP contribution is -2.58. The SMILES string of the molecule is CCOc1ccc(N2CC=C[C@]3(CC)O[C@]45C=CCN(c6ccc(N(CC)CC)cc6)C(=O)C4N([C@H](C)CO)C(=O)[C@@H]5[C@@H]3C2=O)cc1. The topological polar surface area (TPSA) is 103 Å². The van der Waals surface area contributed by atoms with Crippen LogP contribution in [0.1, 0.15) is 41.0 Å². The molecule has 4 aliphatic heterocycles. The van der Waals surface area contributed by atoms with E-state index >= 15 is 0 Å². The Morgan fingerprint density at radius 3 is 2.02 bits per heavy atom. The van der Waals surface area contributed by atoms with Gasteiger partial charge in [0.1, 0.15) is 17.4 Å². The van der Waals surface area contributed by atoms with Crippen molar-refractivity contribution in [1.29, 1.82) is 0 Å². The van der Waals surface area contributed by atoms with Crippen molar-refractivity contribution in [1.82, 2.24) is 4.90 Å². The third kappa shape index (κ3) is 5.13. The summed E-state index contributed by atoms with van der Waals surface area (Å²) in [6.45, 7) is 12.3. The molecular weight excluding hydrogens is 596 g/mol. The Labute approximate surface area is 277 Å². The van der Waals surface area contributed by atoms with Crippen molar-refractivity contribution >= 4 is 34.8 Å². The summed E-state index contributed by atoms with van der Waals surface area (Å²) in [5.41, 5.74) is -0.0578. The first kappa shape index (κ1) is 32.8. The molecule has 250 valence electrons. The zero-order valence-corrected chi connectivity index (χ0v) is 28.0. The maximum absolute atomic E-state index is 14.8. The Kier molecular flexibility index (Phi) is 8.93. The Bertz CT molecular complexity index is 1550. The molecule has 4 aliphatic rings. The number of ether oxygens (including phenoxy) is 2. The second-order valence-electron chi connectivity index (χ2n) is 12.7. The third-order valence-electron chi connectivity index (χ3n) is 10.4. The van der Waals surface area contributed by atoms with Crippen LogP contribution in [0.5, 0.6) is 5.75 Å². The van der Waals surface area contributed by atoms with Crippen molar-refractivity contribution in [2.24, 2.45) is 11.8 Å². The van der Waals surface area contributed by atoms with Crippen LogP contribution >= 0.6 is 0 Å². The molecule has 3 amide bonds. The lowest BCUT2D eigenvalue weighted by Gasteiger charge is -2.40. The van der Waals surface area contributed by atoms with Gasteiger partial charge in [0.15, 0.2) is 0 Å². The fraction of sp³-hybridized carbons (Fsp3) is 0.486. The number of aliphatic hydroxyl groups is 1. The first-order chi connectivity index (χ1) is 22.7. The molecule has 6 atom stereocenters. The van der Waals surface area contributed by atoms with Gasteiger partial charge in [0.2, 0.25) is 11.8 Å². The van der Waals surface area contributed by atoms with Crippen molar-refractivity contribution in [2.75, 3.05) is 54.1 Å². The van der Waals surface area contributed by atoms with E-state index in [-0.39, 0.29) is 30.9 Å². The van der Waals surface area contributed by atoms with Gasteiger partial charge in [-0.3, -0.25) is 14.4 Å². The number of benzene rings is 2. The Hall–Kier alpha value is -4.15. The quantitative estimate of drug-likeness (QED) is 0.388. The van der Waals surface area contributed by atoms with Crippen molar-refractivity contribution in [3.05, 3.63) is 72.8 Å². The molecule has 1 N–H and O–H groups in total. The maximum Gasteiger partial charge on any atom is 0.253 e. The Morgan fingerprint density at radius 2 is 1.45 bits per heavy atom. The smallest absolute Gasteiger partial charge is 0.253 e. The molecule has 0 bridgehead atoms. The fourth-order valence-corrected chi connectivity index (χ4v) is 8.05. The second-order valence-corrected chi connectivity index (χ2v) is 12.7. The summed E-state index contributed by atoms with van der Waals surface area (Å²) in [5.74, 6) is -2.04. The van der Waals surface area contributed by atoms with E-state index in [1.54, 1.807) is 16.7 Å². The van der Waals surface area contributed by atoms with Gasteiger partial charge >= 0.3 is 0 Å². The van der Waals surface area contributed by atoms with Crippen LogP contribution in [0.3, 0.4) is 0 Å². The number of rotatable bonds is 10. The molecule has 1 unspecified atom stereocenters. The average molecular weight is 643 g/mol. The number of carbonyl (C=O) groups excluding carboxylic acids is 3. The van der Waals surface area contributed by atoms with E-state index < -0.39 is 35.1 Å². The second kappa shape index (κ2) is 12.8. The minimum absolute atomic E-state index is 0.234. The number of anilines is 3. The molecular formula is C37H46N4O6. The van der Waals surface area contributed by atoms with E-state index in [1.807, 2.05) is 86.7 Å².